The molecule has 0 unspecified atom stereocenters. The lowest BCUT2D eigenvalue weighted by molar-refractivity contribution is 0.234. The van der Waals surface area contributed by atoms with Crippen molar-refractivity contribution in [2.24, 2.45) is 0 Å². The molecule has 1 aliphatic rings. The second-order valence-electron chi connectivity index (χ2n) is 5.51. The molecule has 0 bridgehead atoms. The molecule has 2 rings (SSSR count). The Labute approximate surface area is 121 Å². The number of urea groups is 1. The van der Waals surface area contributed by atoms with Crippen LogP contribution in [0, 0.1) is 0 Å². The van der Waals surface area contributed by atoms with Gasteiger partial charge in [0.15, 0.2) is 0 Å². The molecule has 1 saturated carbocycles. The summed E-state index contributed by atoms with van der Waals surface area (Å²) in [6, 6.07) is 6.17. The summed E-state index contributed by atoms with van der Waals surface area (Å²) >= 11 is 0. The standard InChI is InChI=1S/C16H25N3O/c20-16(18-13-11-14-8-6-7-12-17-14)19-15-9-4-2-1-3-5-10-15/h6-8,12,15H,1-5,9-11,13H2,(H2,18,19,20). The molecule has 0 saturated heterocycles. The predicted octanol–water partition coefficient (Wildman–Crippen LogP) is 3.04. The number of nitrogens with zero attached hydrogens (tertiary/aromatic N) is 1. The lowest BCUT2D eigenvalue weighted by atomic mass is 9.97. The van der Waals surface area contributed by atoms with Gasteiger partial charge in [0, 0.05) is 30.9 Å². The molecule has 0 radical (unpaired) electrons. The van der Waals surface area contributed by atoms with E-state index in [-0.39, 0.29) is 6.03 Å². The third-order valence-electron chi connectivity index (χ3n) is 3.83. The van der Waals surface area contributed by atoms with Crippen molar-refractivity contribution in [1.82, 2.24) is 15.6 Å². The third-order valence-corrected chi connectivity index (χ3v) is 3.83. The highest BCUT2D eigenvalue weighted by atomic mass is 16.2. The molecule has 20 heavy (non-hydrogen) atoms. The van der Waals surface area contributed by atoms with E-state index < -0.39 is 0 Å². The molecule has 0 spiro atoms. The minimum absolute atomic E-state index is 0.0356. The summed E-state index contributed by atoms with van der Waals surface area (Å²) in [4.78, 5) is 16.1. The van der Waals surface area contributed by atoms with Gasteiger partial charge in [-0.15, -0.1) is 0 Å². The van der Waals surface area contributed by atoms with Crippen LogP contribution in [0.15, 0.2) is 24.4 Å². The molecular weight excluding hydrogens is 250 g/mol. The van der Waals surface area contributed by atoms with Crippen LogP contribution in [-0.4, -0.2) is 23.6 Å². The smallest absolute Gasteiger partial charge is 0.315 e. The minimum Gasteiger partial charge on any atom is -0.338 e. The first kappa shape index (κ1) is 14.8. The van der Waals surface area contributed by atoms with Crippen molar-refractivity contribution in [2.75, 3.05) is 6.54 Å². The number of carbonyl (C=O) groups excluding carboxylic acids is 1. The molecular formula is C16H25N3O. The molecule has 1 fully saturated rings. The lowest BCUT2D eigenvalue weighted by Crippen LogP contribution is -2.43. The van der Waals surface area contributed by atoms with Crippen molar-refractivity contribution >= 4 is 6.03 Å². The highest BCUT2D eigenvalue weighted by Crippen LogP contribution is 2.16. The fourth-order valence-electron chi connectivity index (χ4n) is 2.69. The number of carbonyl (C=O) groups is 1. The van der Waals surface area contributed by atoms with Crippen LogP contribution in [0.5, 0.6) is 0 Å². The van der Waals surface area contributed by atoms with Crippen molar-refractivity contribution in [3.8, 4) is 0 Å². The highest BCUT2D eigenvalue weighted by molar-refractivity contribution is 5.74. The number of rotatable bonds is 4. The maximum Gasteiger partial charge on any atom is 0.315 e. The van der Waals surface area contributed by atoms with Gasteiger partial charge in [-0.05, 0) is 25.0 Å². The lowest BCUT2D eigenvalue weighted by Gasteiger charge is -2.21. The number of aromatic nitrogens is 1. The molecule has 1 aromatic heterocycles. The Hall–Kier alpha value is -1.58. The molecule has 4 heteroatoms. The number of pyridine rings is 1. The second kappa shape index (κ2) is 8.56. The molecule has 2 N–H and O–H groups in total. The van der Waals surface area contributed by atoms with Gasteiger partial charge in [0.2, 0.25) is 0 Å². The zero-order valence-electron chi connectivity index (χ0n) is 12.1. The monoisotopic (exact) mass is 275 g/mol. The van der Waals surface area contributed by atoms with Crippen molar-refractivity contribution < 1.29 is 4.79 Å². The average Bonchev–Trinajstić information content (AvgIpc) is 2.43. The number of hydrogen-bond acceptors (Lipinski definition) is 2. The molecule has 4 nitrogen and oxygen atoms in total. The summed E-state index contributed by atoms with van der Waals surface area (Å²) in [6.45, 7) is 0.634. The normalized spacial score (nSPS) is 17.0. The second-order valence-corrected chi connectivity index (χ2v) is 5.51. The molecule has 1 aromatic rings. The SMILES string of the molecule is O=C(NCCc1ccccn1)NC1CCCCCCC1. The van der Waals surface area contributed by atoms with Crippen LogP contribution < -0.4 is 10.6 Å². The number of hydrogen-bond donors (Lipinski definition) is 2. The van der Waals surface area contributed by atoms with Crippen molar-refractivity contribution in [3.63, 3.8) is 0 Å². The van der Waals surface area contributed by atoms with Gasteiger partial charge in [-0.1, -0.05) is 38.2 Å². The van der Waals surface area contributed by atoms with E-state index in [4.69, 9.17) is 0 Å². The van der Waals surface area contributed by atoms with Crippen LogP contribution in [0.1, 0.15) is 50.6 Å². The van der Waals surface area contributed by atoms with Crippen LogP contribution in [-0.2, 0) is 6.42 Å². The minimum atomic E-state index is -0.0356. The Morgan fingerprint density at radius 3 is 2.60 bits per heavy atom. The Morgan fingerprint density at radius 1 is 1.15 bits per heavy atom. The summed E-state index contributed by atoms with van der Waals surface area (Å²) in [6.07, 6.45) is 11.2. The van der Waals surface area contributed by atoms with Crippen LogP contribution in [0.3, 0.4) is 0 Å². The van der Waals surface area contributed by atoms with Gasteiger partial charge in [0.25, 0.3) is 0 Å². The Kier molecular flexibility index (Phi) is 6.35. The van der Waals surface area contributed by atoms with Gasteiger partial charge in [-0.3, -0.25) is 4.98 Å². The van der Waals surface area contributed by atoms with Gasteiger partial charge in [0.1, 0.15) is 0 Å². The maximum absolute atomic E-state index is 11.9. The van der Waals surface area contributed by atoms with Crippen LogP contribution in [0.25, 0.3) is 0 Å². The molecule has 110 valence electrons. The Morgan fingerprint density at radius 2 is 1.90 bits per heavy atom. The summed E-state index contributed by atoms with van der Waals surface area (Å²) in [5.74, 6) is 0. The van der Waals surface area contributed by atoms with E-state index in [0.29, 0.717) is 12.6 Å². The zero-order valence-corrected chi connectivity index (χ0v) is 12.1. The molecule has 0 aromatic carbocycles. The molecule has 1 aliphatic carbocycles. The highest BCUT2D eigenvalue weighted by Gasteiger charge is 2.13. The first-order valence-corrected chi connectivity index (χ1v) is 7.79. The zero-order chi connectivity index (χ0) is 14.0. The maximum atomic E-state index is 11.9. The van der Waals surface area contributed by atoms with E-state index in [1.165, 1.54) is 32.1 Å². The molecule has 0 aliphatic heterocycles. The summed E-state index contributed by atoms with van der Waals surface area (Å²) < 4.78 is 0. The summed E-state index contributed by atoms with van der Waals surface area (Å²) in [5, 5.41) is 6.03. The van der Waals surface area contributed by atoms with Gasteiger partial charge in [-0.25, -0.2) is 4.79 Å². The van der Waals surface area contributed by atoms with Gasteiger partial charge in [-0.2, -0.15) is 0 Å². The first-order valence-electron chi connectivity index (χ1n) is 7.79. The van der Waals surface area contributed by atoms with Crippen LogP contribution in [0.2, 0.25) is 0 Å². The Balaban J connectivity index is 1.64. The summed E-state index contributed by atoms with van der Waals surface area (Å²) in [7, 11) is 0. The van der Waals surface area contributed by atoms with E-state index in [1.807, 2.05) is 18.2 Å². The van der Waals surface area contributed by atoms with E-state index in [1.54, 1.807) is 6.20 Å². The number of amides is 2. The van der Waals surface area contributed by atoms with E-state index in [9.17, 15) is 4.79 Å². The van der Waals surface area contributed by atoms with Gasteiger partial charge >= 0.3 is 6.03 Å². The van der Waals surface area contributed by atoms with E-state index in [0.717, 1.165) is 25.0 Å². The molecule has 2 amide bonds. The molecule has 0 atom stereocenters. The largest absolute Gasteiger partial charge is 0.338 e. The fraction of sp³-hybridized carbons (Fsp3) is 0.625. The van der Waals surface area contributed by atoms with E-state index >= 15 is 0 Å². The van der Waals surface area contributed by atoms with Crippen LogP contribution in [0.4, 0.5) is 4.79 Å². The fourth-order valence-corrected chi connectivity index (χ4v) is 2.69. The van der Waals surface area contributed by atoms with Crippen LogP contribution >= 0.6 is 0 Å². The molecule has 1 heterocycles. The van der Waals surface area contributed by atoms with Crippen molar-refractivity contribution in [1.29, 1.82) is 0 Å². The van der Waals surface area contributed by atoms with Gasteiger partial charge in [0.05, 0.1) is 0 Å². The van der Waals surface area contributed by atoms with E-state index in [2.05, 4.69) is 15.6 Å². The average molecular weight is 275 g/mol. The Bertz CT molecular complexity index is 386. The van der Waals surface area contributed by atoms with Crippen molar-refractivity contribution in [2.45, 2.75) is 57.4 Å². The van der Waals surface area contributed by atoms with Crippen molar-refractivity contribution in [3.05, 3.63) is 30.1 Å². The topological polar surface area (TPSA) is 54.0 Å². The summed E-state index contributed by atoms with van der Waals surface area (Å²) in [5.41, 5.74) is 1.01. The van der Waals surface area contributed by atoms with Gasteiger partial charge < -0.3 is 10.6 Å². The quantitative estimate of drug-likeness (QED) is 0.887. The predicted molar refractivity (Wildman–Crippen MR) is 80.6 cm³/mol. The first-order chi connectivity index (χ1) is 9.84. The number of nitrogens with one attached hydrogen (secondary N) is 2. The third kappa shape index (κ3) is 5.59.